The lowest BCUT2D eigenvalue weighted by Crippen LogP contribution is -2.42. The molecule has 0 bridgehead atoms. The van der Waals surface area contributed by atoms with Gasteiger partial charge in [-0.2, -0.15) is 13.2 Å². The second kappa shape index (κ2) is 6.84. The number of rotatable bonds is 4. The van der Waals surface area contributed by atoms with Gasteiger partial charge in [0.05, 0.1) is 11.1 Å². The number of halogens is 3. The van der Waals surface area contributed by atoms with E-state index in [4.69, 9.17) is 0 Å². The summed E-state index contributed by atoms with van der Waals surface area (Å²) in [7, 11) is 0. The summed E-state index contributed by atoms with van der Waals surface area (Å²) < 4.78 is 37.6. The topological polar surface area (TPSA) is 41.0 Å². The van der Waals surface area contributed by atoms with Crippen LogP contribution in [0.1, 0.15) is 23.3 Å². The molecule has 2 aromatic heterocycles. The van der Waals surface area contributed by atoms with Crippen LogP contribution in [-0.2, 0) is 12.7 Å². The highest BCUT2D eigenvalue weighted by Gasteiger charge is 2.31. The number of pyridine rings is 1. The smallest absolute Gasteiger partial charge is 0.357 e. The van der Waals surface area contributed by atoms with Gasteiger partial charge in [-0.15, -0.1) is 11.3 Å². The summed E-state index contributed by atoms with van der Waals surface area (Å²) in [6.45, 7) is 2.39. The molecule has 1 fully saturated rings. The van der Waals surface area contributed by atoms with Gasteiger partial charge >= 0.3 is 6.18 Å². The Morgan fingerprint density at radius 1 is 1.22 bits per heavy atom. The Labute approximate surface area is 136 Å². The highest BCUT2D eigenvalue weighted by molar-refractivity contribution is 7.09. The summed E-state index contributed by atoms with van der Waals surface area (Å²) in [6.07, 6.45) is 0.324. The molecule has 1 aliphatic rings. The van der Waals surface area contributed by atoms with Gasteiger partial charge in [-0.05, 0) is 25.0 Å². The maximum atomic E-state index is 12.5. The molecule has 0 aliphatic carbocycles. The zero-order valence-electron chi connectivity index (χ0n) is 12.4. The minimum absolute atomic E-state index is 0.419. The van der Waals surface area contributed by atoms with E-state index >= 15 is 0 Å². The number of hydrogen-bond donors (Lipinski definition) is 1. The van der Waals surface area contributed by atoms with Crippen LogP contribution < -0.4 is 10.2 Å². The molecule has 124 valence electrons. The number of anilines is 1. The molecule has 3 heterocycles. The van der Waals surface area contributed by atoms with Crippen molar-refractivity contribution in [3.8, 4) is 0 Å². The van der Waals surface area contributed by atoms with Gasteiger partial charge in [0.2, 0.25) is 0 Å². The van der Waals surface area contributed by atoms with Gasteiger partial charge in [-0.3, -0.25) is 4.98 Å². The van der Waals surface area contributed by atoms with Crippen molar-refractivity contribution in [1.29, 1.82) is 0 Å². The monoisotopic (exact) mass is 342 g/mol. The number of thiazole rings is 1. The van der Waals surface area contributed by atoms with E-state index in [0.29, 0.717) is 11.9 Å². The molecular formula is C15H17F3N4S. The van der Waals surface area contributed by atoms with Crippen LogP contribution in [0.3, 0.4) is 0 Å². The van der Waals surface area contributed by atoms with E-state index in [1.54, 1.807) is 11.3 Å². The SMILES string of the molecule is FC(F)(F)c1ccc(N2CCC(NCc3cncs3)CC2)nc1. The quantitative estimate of drug-likeness (QED) is 0.925. The van der Waals surface area contributed by atoms with Gasteiger partial charge in [0.25, 0.3) is 0 Å². The number of piperidine rings is 1. The Hall–Kier alpha value is -1.67. The molecule has 1 N–H and O–H groups in total. The molecule has 1 saturated heterocycles. The Morgan fingerprint density at radius 3 is 2.57 bits per heavy atom. The molecule has 0 saturated carbocycles. The lowest BCUT2D eigenvalue weighted by Gasteiger charge is -2.33. The molecule has 0 spiro atoms. The van der Waals surface area contributed by atoms with Gasteiger partial charge in [0.15, 0.2) is 0 Å². The Balaban J connectivity index is 1.50. The fourth-order valence-electron chi connectivity index (χ4n) is 2.63. The molecule has 0 atom stereocenters. The van der Waals surface area contributed by atoms with Crippen LogP contribution in [0.5, 0.6) is 0 Å². The second-order valence-corrected chi connectivity index (χ2v) is 6.48. The van der Waals surface area contributed by atoms with Crippen LogP contribution in [0.25, 0.3) is 0 Å². The van der Waals surface area contributed by atoms with Gasteiger partial charge in [-0.1, -0.05) is 0 Å². The Kier molecular flexibility index (Phi) is 4.82. The van der Waals surface area contributed by atoms with Crippen molar-refractivity contribution < 1.29 is 13.2 Å². The van der Waals surface area contributed by atoms with Crippen LogP contribution in [0.15, 0.2) is 30.0 Å². The van der Waals surface area contributed by atoms with E-state index in [0.717, 1.165) is 44.7 Å². The summed E-state index contributed by atoms with van der Waals surface area (Å²) in [4.78, 5) is 11.2. The lowest BCUT2D eigenvalue weighted by atomic mass is 10.0. The van der Waals surface area contributed by atoms with E-state index in [-0.39, 0.29) is 0 Å². The van der Waals surface area contributed by atoms with Gasteiger partial charge in [-0.25, -0.2) is 4.98 Å². The molecule has 0 radical (unpaired) electrons. The summed E-state index contributed by atoms with van der Waals surface area (Å²) >= 11 is 1.63. The van der Waals surface area contributed by atoms with E-state index in [2.05, 4.69) is 15.3 Å². The van der Waals surface area contributed by atoms with E-state index in [1.165, 1.54) is 10.9 Å². The van der Waals surface area contributed by atoms with Crippen molar-refractivity contribution in [3.05, 3.63) is 40.5 Å². The molecule has 2 aromatic rings. The van der Waals surface area contributed by atoms with Gasteiger partial charge < -0.3 is 10.2 Å². The number of nitrogens with one attached hydrogen (secondary N) is 1. The largest absolute Gasteiger partial charge is 0.417 e. The first kappa shape index (κ1) is 16.2. The number of alkyl halides is 3. The van der Waals surface area contributed by atoms with Crippen molar-refractivity contribution in [2.45, 2.75) is 31.6 Å². The van der Waals surface area contributed by atoms with Crippen molar-refractivity contribution in [2.75, 3.05) is 18.0 Å². The first-order valence-corrected chi connectivity index (χ1v) is 8.29. The Morgan fingerprint density at radius 2 is 2.00 bits per heavy atom. The fourth-order valence-corrected chi connectivity index (χ4v) is 3.17. The summed E-state index contributed by atoms with van der Waals surface area (Å²) in [5, 5.41) is 3.50. The molecule has 0 amide bonds. The van der Waals surface area contributed by atoms with Crippen molar-refractivity contribution in [3.63, 3.8) is 0 Å². The van der Waals surface area contributed by atoms with Gasteiger partial charge in [0, 0.05) is 42.9 Å². The second-order valence-electron chi connectivity index (χ2n) is 5.51. The maximum absolute atomic E-state index is 12.5. The van der Waals surface area contributed by atoms with Crippen molar-refractivity contribution in [2.24, 2.45) is 0 Å². The fraction of sp³-hybridized carbons (Fsp3) is 0.467. The molecule has 4 nitrogen and oxygen atoms in total. The normalized spacial score (nSPS) is 16.7. The lowest BCUT2D eigenvalue weighted by molar-refractivity contribution is -0.137. The molecule has 0 aromatic carbocycles. The molecular weight excluding hydrogens is 325 g/mol. The van der Waals surface area contributed by atoms with Crippen LogP contribution in [0.2, 0.25) is 0 Å². The number of hydrogen-bond acceptors (Lipinski definition) is 5. The number of aromatic nitrogens is 2. The third-order valence-corrected chi connectivity index (χ3v) is 4.72. The summed E-state index contributed by atoms with van der Waals surface area (Å²) in [5.41, 5.74) is 1.11. The van der Waals surface area contributed by atoms with Gasteiger partial charge in [0.1, 0.15) is 5.82 Å². The third kappa shape index (κ3) is 4.20. The molecule has 1 aliphatic heterocycles. The van der Waals surface area contributed by atoms with Crippen molar-refractivity contribution in [1.82, 2.24) is 15.3 Å². The van der Waals surface area contributed by atoms with Crippen LogP contribution in [0, 0.1) is 0 Å². The van der Waals surface area contributed by atoms with Crippen LogP contribution in [-0.4, -0.2) is 29.1 Å². The average Bonchev–Trinajstić information content (AvgIpc) is 3.06. The minimum Gasteiger partial charge on any atom is -0.357 e. The molecule has 0 unspecified atom stereocenters. The van der Waals surface area contributed by atoms with Crippen molar-refractivity contribution >= 4 is 17.2 Å². The first-order chi connectivity index (χ1) is 11.0. The van der Waals surface area contributed by atoms with Crippen LogP contribution in [0.4, 0.5) is 19.0 Å². The van der Waals surface area contributed by atoms with E-state index in [1.807, 2.05) is 16.6 Å². The Bertz CT molecular complexity index is 605. The minimum atomic E-state index is -4.33. The maximum Gasteiger partial charge on any atom is 0.417 e. The highest BCUT2D eigenvalue weighted by atomic mass is 32.1. The third-order valence-electron chi connectivity index (χ3n) is 3.94. The molecule has 23 heavy (non-hydrogen) atoms. The van der Waals surface area contributed by atoms with E-state index in [9.17, 15) is 13.2 Å². The van der Waals surface area contributed by atoms with E-state index < -0.39 is 11.7 Å². The first-order valence-electron chi connectivity index (χ1n) is 7.41. The highest BCUT2D eigenvalue weighted by Crippen LogP contribution is 2.29. The summed E-state index contributed by atoms with van der Waals surface area (Å²) in [5.74, 6) is 0.610. The standard InChI is InChI=1S/C15H17F3N4S/c16-15(17,18)11-1-2-14(21-7-11)22-5-3-12(4-6-22)20-9-13-8-19-10-23-13/h1-2,7-8,10,12,20H,3-6,9H2. The molecule has 3 rings (SSSR count). The predicted octanol–water partition coefficient (Wildman–Crippen LogP) is 3.32. The predicted molar refractivity (Wildman–Crippen MR) is 83.4 cm³/mol. The molecule has 8 heteroatoms. The zero-order valence-corrected chi connectivity index (χ0v) is 13.2. The number of nitrogens with zero attached hydrogens (tertiary/aromatic N) is 3. The zero-order chi connectivity index (χ0) is 16.3. The van der Waals surface area contributed by atoms with Crippen LogP contribution >= 0.6 is 11.3 Å². The summed E-state index contributed by atoms with van der Waals surface area (Å²) in [6, 6.07) is 2.97. The average molecular weight is 342 g/mol.